The molecule has 0 bridgehead atoms. The van der Waals surface area contributed by atoms with Gasteiger partial charge in [0, 0.05) is 37.9 Å². The summed E-state index contributed by atoms with van der Waals surface area (Å²) in [6.07, 6.45) is 21.0. The third-order valence-corrected chi connectivity index (χ3v) is 27.8. The fourth-order valence-electron chi connectivity index (χ4n) is 23.5. The van der Waals surface area contributed by atoms with E-state index in [1.807, 2.05) is 0 Å². The van der Waals surface area contributed by atoms with Gasteiger partial charge in [-0.15, -0.1) is 0 Å². The Morgan fingerprint density at radius 1 is 0.600 bits per heavy atom. The molecule has 454 valence electrons. The fourth-order valence-corrected chi connectivity index (χ4v) is 23.5. The van der Waals surface area contributed by atoms with Crippen molar-refractivity contribution in [3.05, 3.63) is 24.3 Å². The van der Waals surface area contributed by atoms with Gasteiger partial charge in [-0.05, 0) is 242 Å². The summed E-state index contributed by atoms with van der Waals surface area (Å²) in [6.45, 7) is 30.9. The molecule has 0 radical (unpaired) electrons. The number of fused-ring (bicyclic) bond motifs is 14. The van der Waals surface area contributed by atoms with Gasteiger partial charge in [0.1, 0.15) is 6.61 Å². The second-order valence-corrected chi connectivity index (χ2v) is 32.6. The first-order valence-electron chi connectivity index (χ1n) is 31.1. The zero-order chi connectivity index (χ0) is 59.0. The van der Waals surface area contributed by atoms with Crippen molar-refractivity contribution in [2.45, 2.75) is 205 Å². The van der Waals surface area contributed by atoms with Gasteiger partial charge in [0.15, 0.2) is 18.8 Å². The van der Waals surface area contributed by atoms with Crippen LogP contribution in [0.15, 0.2) is 34.6 Å². The molecular weight excluding hydrogens is 1060 g/mol. The molecule has 0 saturated heterocycles. The first kappa shape index (κ1) is 64.3. The summed E-state index contributed by atoms with van der Waals surface area (Å²) < 4.78 is 12.1. The first-order valence-corrected chi connectivity index (χ1v) is 34.2. The van der Waals surface area contributed by atoms with Crippen molar-refractivity contribution in [1.82, 2.24) is 0 Å². The highest BCUT2D eigenvalue weighted by Crippen LogP contribution is 2.79. The number of ether oxygens (including phenoxy) is 1. The molecule has 0 aromatic carbocycles. The topological polar surface area (TPSA) is 199 Å². The van der Waals surface area contributed by atoms with E-state index in [1.54, 1.807) is 0 Å². The summed E-state index contributed by atoms with van der Waals surface area (Å²) in [4.78, 5) is 28.8. The van der Waals surface area contributed by atoms with Gasteiger partial charge in [-0.1, -0.05) is 86.3 Å². The van der Waals surface area contributed by atoms with Crippen molar-refractivity contribution in [3.8, 4) is 0 Å². The molecule has 0 amide bonds. The molecule has 10 fully saturated rings. The second-order valence-electron chi connectivity index (χ2n) is 29.9. The monoisotopic (exact) mass is 1170 g/mol. The molecule has 10 saturated carbocycles. The largest absolute Gasteiger partial charge is 0.465 e. The van der Waals surface area contributed by atoms with E-state index in [0.717, 1.165) is 132 Å². The fraction of sp³-hybridized carbons (Fsp3) is 0.877. The van der Waals surface area contributed by atoms with Gasteiger partial charge >= 0.3 is 13.2 Å². The number of esters is 1. The van der Waals surface area contributed by atoms with E-state index in [-0.39, 0.29) is 108 Å². The van der Waals surface area contributed by atoms with E-state index < -0.39 is 23.8 Å². The lowest BCUT2D eigenvalue weighted by molar-refractivity contribution is -0.233. The second kappa shape index (κ2) is 23.9. The minimum absolute atomic E-state index is 0. The number of oxime groups is 2. The van der Waals surface area contributed by atoms with E-state index in [9.17, 15) is 40.3 Å². The lowest BCUT2D eigenvalue weighted by Gasteiger charge is -2.72. The average molecular weight is 1170 g/mol. The summed E-state index contributed by atoms with van der Waals surface area (Å²) in [5.74, 6) is 3.35. The molecule has 0 aromatic rings. The van der Waals surface area contributed by atoms with Crippen molar-refractivity contribution < 1.29 is 49.9 Å². The number of aliphatic hydroxyl groups is 5. The van der Waals surface area contributed by atoms with Crippen LogP contribution in [0.4, 0.5) is 0 Å². The third-order valence-electron chi connectivity index (χ3n) is 27.8. The van der Waals surface area contributed by atoms with Crippen LogP contribution >= 0.6 is 15.9 Å². The molecule has 15 heteroatoms. The van der Waals surface area contributed by atoms with Gasteiger partial charge in [-0.25, -0.2) is 4.79 Å². The zero-order valence-corrected chi connectivity index (χ0v) is 53.1. The molecule has 6 N–H and O–H groups in total. The van der Waals surface area contributed by atoms with E-state index >= 15 is 0 Å². The van der Waals surface area contributed by atoms with Gasteiger partial charge in [-0.3, -0.25) is 4.79 Å². The standard InChI is InChI=1S/C34H53NO6.C30H49NO4.CH4.H2P2S/c1-21(18-36)24-10-15-34(19-37)17-16-32(6)25(29(24)34)8-9-27-30(4)13-12-28(35-41-23(3)39)31(5,20-40-22(2)38)26(30)11-14-33(27,32)7;1-19(16-32)20-8-13-30(18-34)15-14-28(4)21(25(20)30)6-7-23-26(2)11-10-24(31-35)27(3,17-33)22(26)9-12-29(23,28)5;;1-2-3/h24-27,29,36-37H,1,8-20H2,2-7H3;20-23,25,32-35H,1,6-18H2,2-5H3;1H4;1H2/p+1/b;31-24-;;/t24-,25+,26+,27+,29+,30-,31+,32+,33+,34+;20-,21+,22+,23+,25+,26-,27+,28+,29+,30+;;/m00../s1/i/hT. The van der Waals surface area contributed by atoms with Crippen LogP contribution in [0.2, 0.25) is 0 Å². The van der Waals surface area contributed by atoms with Gasteiger partial charge in [0.2, 0.25) is 0 Å². The molecule has 0 spiro atoms. The Hall–Kier alpha value is -1.69. The lowest BCUT2D eigenvalue weighted by atomic mass is 9.32. The Bertz CT molecular complexity index is 2460. The number of aliphatic hydroxyl groups excluding tert-OH is 5. The Kier molecular flexibility index (Phi) is 19.2. The SMILES string of the molecule is C.C=C(CO)[C@@H]1CC[C@]2(CO)CC[C@]3(C)[C@H](CC[C@@H]4[C@@]5(C)CC/C(=N/O)[C@](C)(CO)[C@@H]5CC[C@]43C)[C@@H]12.C=C(CO)[C@@H]1CC[C@]2(CO)CC[C@]3(C)[C@H](CC[C@@H]4[C@@]5(C)CCC(=NOC(C)=O)[C@](C)(COC(C)=O)[C@@H]5CC[C@]43C)[C@@H]12.[3H][P+](P)=S. The van der Waals surface area contributed by atoms with Gasteiger partial charge in [0.25, 0.3) is 0 Å². The maximum absolute atomic E-state index is 12.0. The Labute approximate surface area is 492 Å². The molecular formula is C65H109N2O10P2S+. The van der Waals surface area contributed by atoms with Gasteiger partial charge in [-0.2, -0.15) is 0 Å². The average Bonchev–Trinajstić information content (AvgIpc) is 2.71. The Balaban J connectivity index is 0.000000219. The summed E-state index contributed by atoms with van der Waals surface area (Å²) in [7, 11) is 2.20. The highest BCUT2D eigenvalue weighted by molar-refractivity contribution is 8.24. The quantitative estimate of drug-likeness (QED) is 0.0304. The van der Waals surface area contributed by atoms with Crippen LogP contribution in [0.1, 0.15) is 205 Å². The van der Waals surface area contributed by atoms with Crippen LogP contribution in [0.5, 0.6) is 0 Å². The number of carbonyl (C=O) groups excluding carboxylic acids is 2. The van der Waals surface area contributed by atoms with Crippen molar-refractivity contribution in [2.24, 2.45) is 124 Å². The van der Waals surface area contributed by atoms with Crippen LogP contribution in [0.25, 0.3) is 0 Å². The van der Waals surface area contributed by atoms with Crippen LogP contribution in [0, 0.1) is 113 Å². The minimum atomic E-state index is -0.870. The molecule has 0 aromatic heterocycles. The molecule has 10 aliphatic carbocycles. The summed E-state index contributed by atoms with van der Waals surface area (Å²) in [5.41, 5.74) is 3.31. The predicted octanol–water partition coefficient (Wildman–Crippen LogP) is 13.0. The molecule has 22 atom stereocenters. The number of hydrogen-bond donors (Lipinski definition) is 6. The number of hydrogen-bond acceptors (Lipinski definition) is 13. The van der Waals surface area contributed by atoms with Gasteiger partial charge < -0.3 is 40.3 Å². The first-order chi connectivity index (χ1) is 37.5. The molecule has 0 heterocycles. The maximum atomic E-state index is 12.0. The highest BCUT2D eigenvalue weighted by Gasteiger charge is 2.73. The zero-order valence-electron chi connectivity index (χ0n) is 51.2. The third kappa shape index (κ3) is 9.79. The van der Waals surface area contributed by atoms with Crippen molar-refractivity contribution in [2.75, 3.05) is 39.6 Å². The van der Waals surface area contributed by atoms with Crippen LogP contribution in [-0.4, -0.2) is 95.0 Å². The van der Waals surface area contributed by atoms with Gasteiger partial charge in [0.05, 0.1) is 40.2 Å². The molecule has 0 aliphatic heterocycles. The van der Waals surface area contributed by atoms with E-state index in [4.69, 9.17) is 10.9 Å². The van der Waals surface area contributed by atoms with E-state index in [1.165, 1.54) is 33.1 Å². The Morgan fingerprint density at radius 2 is 1.02 bits per heavy atom. The summed E-state index contributed by atoms with van der Waals surface area (Å²) >= 11 is 4.31. The van der Waals surface area contributed by atoms with Crippen molar-refractivity contribution in [3.63, 3.8) is 0 Å². The molecule has 10 aliphatic rings. The molecule has 10 rings (SSSR count). The summed E-state index contributed by atoms with van der Waals surface area (Å²) in [5, 5.41) is 69.9. The highest BCUT2D eigenvalue weighted by atomic mass is 32.6. The van der Waals surface area contributed by atoms with E-state index in [0.29, 0.717) is 47.3 Å². The smallest absolute Gasteiger partial charge is 0.355 e. The Morgan fingerprint density at radius 3 is 1.40 bits per heavy atom. The summed E-state index contributed by atoms with van der Waals surface area (Å²) in [6, 6.07) is 0. The molecule has 12 nitrogen and oxygen atoms in total. The molecule has 80 heavy (non-hydrogen) atoms. The maximum Gasteiger partial charge on any atom is 0.355 e. The van der Waals surface area contributed by atoms with E-state index in [2.05, 4.69) is 99.6 Å². The van der Waals surface area contributed by atoms with Crippen molar-refractivity contribution >= 4 is 51.1 Å². The van der Waals surface area contributed by atoms with Crippen LogP contribution < -0.4 is 0 Å². The normalized spacial score (nSPS) is 49.0. The molecule has 2 unspecified atom stereocenters. The number of nitrogens with zero attached hydrogens (tertiary/aromatic N) is 2. The number of rotatable bonds is 10. The van der Waals surface area contributed by atoms with Crippen LogP contribution in [-0.2, 0) is 31.0 Å². The van der Waals surface area contributed by atoms with Crippen LogP contribution in [0.3, 0.4) is 0 Å². The predicted molar refractivity (Wildman–Crippen MR) is 328 cm³/mol. The lowest BCUT2D eigenvalue weighted by Crippen LogP contribution is -2.67. The number of carbonyl (C=O) groups is 2. The minimum Gasteiger partial charge on any atom is -0.465 e. The van der Waals surface area contributed by atoms with Crippen molar-refractivity contribution in [1.29, 1.82) is 1.28 Å².